The van der Waals surface area contributed by atoms with E-state index >= 15 is 0 Å². The molecule has 2 aliphatic heterocycles. The topological polar surface area (TPSA) is 57.6 Å². The van der Waals surface area contributed by atoms with Gasteiger partial charge in [-0.05, 0) is 43.5 Å². The van der Waals surface area contributed by atoms with Crippen LogP contribution in [-0.4, -0.2) is 41.2 Å². The maximum Gasteiger partial charge on any atom is 0.322 e. The molecule has 1 saturated heterocycles. The van der Waals surface area contributed by atoms with E-state index in [-0.39, 0.29) is 11.6 Å². The lowest BCUT2D eigenvalue weighted by atomic mass is 10.1. The number of urea groups is 1. The Bertz CT molecular complexity index is 876. The fraction of sp³-hybridized carbons (Fsp3) is 0.400. The molecule has 1 atom stereocenters. The van der Waals surface area contributed by atoms with E-state index in [0.29, 0.717) is 31.4 Å². The number of para-hydroxylation sites is 1. The lowest BCUT2D eigenvalue weighted by Gasteiger charge is -2.27. The number of aryl methyl sites for hydroxylation is 1. The van der Waals surface area contributed by atoms with Gasteiger partial charge in [0.05, 0.1) is 6.04 Å². The Kier molecular flexibility index (Phi) is 4.41. The van der Waals surface area contributed by atoms with Crippen molar-refractivity contribution in [2.24, 2.45) is 0 Å². The first-order valence-corrected chi connectivity index (χ1v) is 9.27. The Balaban J connectivity index is 1.49. The van der Waals surface area contributed by atoms with Gasteiger partial charge in [0.25, 0.3) is 5.56 Å². The number of pyridine rings is 1. The number of anilines is 2. The predicted octanol–water partition coefficient (Wildman–Crippen LogP) is 2.54. The number of benzene rings is 1. The Hall–Kier alpha value is -2.76. The van der Waals surface area contributed by atoms with Crippen LogP contribution in [0.15, 0.2) is 47.4 Å². The largest absolute Gasteiger partial charge is 0.366 e. The first kappa shape index (κ1) is 16.7. The van der Waals surface area contributed by atoms with Gasteiger partial charge in [0.2, 0.25) is 0 Å². The van der Waals surface area contributed by atoms with Crippen LogP contribution in [0.2, 0.25) is 0 Å². The molecule has 26 heavy (non-hydrogen) atoms. The van der Waals surface area contributed by atoms with Crippen LogP contribution in [0.5, 0.6) is 0 Å². The normalized spacial score (nSPS) is 18.9. The van der Waals surface area contributed by atoms with E-state index in [1.807, 2.05) is 11.8 Å². The van der Waals surface area contributed by atoms with Crippen molar-refractivity contribution >= 4 is 17.4 Å². The van der Waals surface area contributed by atoms with E-state index < -0.39 is 0 Å². The molecule has 0 spiro atoms. The summed E-state index contributed by atoms with van der Waals surface area (Å²) in [5.74, 6) is 0. The minimum atomic E-state index is -0.186. The summed E-state index contributed by atoms with van der Waals surface area (Å²) >= 11 is 0. The molecule has 2 amide bonds. The lowest BCUT2D eigenvalue weighted by Crippen LogP contribution is -2.43. The Labute approximate surface area is 153 Å². The van der Waals surface area contributed by atoms with E-state index in [9.17, 15) is 9.59 Å². The van der Waals surface area contributed by atoms with Crippen molar-refractivity contribution in [3.8, 4) is 0 Å². The zero-order valence-corrected chi connectivity index (χ0v) is 15.0. The smallest absolute Gasteiger partial charge is 0.322 e. The van der Waals surface area contributed by atoms with Gasteiger partial charge < -0.3 is 19.7 Å². The quantitative estimate of drug-likeness (QED) is 0.904. The molecule has 1 fully saturated rings. The third kappa shape index (κ3) is 2.96. The molecule has 6 nitrogen and oxygen atoms in total. The number of hydrogen-bond acceptors (Lipinski definition) is 3. The summed E-state index contributed by atoms with van der Waals surface area (Å²) < 4.78 is 1.59. The minimum Gasteiger partial charge on any atom is -0.366 e. The van der Waals surface area contributed by atoms with Crippen LogP contribution < -0.4 is 15.8 Å². The number of hydrogen-bond donors (Lipinski definition) is 1. The number of carbonyl (C=O) groups is 1. The number of aromatic nitrogens is 1. The number of fused-ring (bicyclic) bond motifs is 3. The van der Waals surface area contributed by atoms with E-state index in [1.165, 1.54) is 11.3 Å². The molecular formula is C20H24N4O2. The van der Waals surface area contributed by atoms with E-state index in [2.05, 4.69) is 34.5 Å². The van der Waals surface area contributed by atoms with Gasteiger partial charge in [-0.15, -0.1) is 0 Å². The molecule has 1 aromatic heterocycles. The third-order valence-corrected chi connectivity index (χ3v) is 5.35. The van der Waals surface area contributed by atoms with Crippen LogP contribution in [0.25, 0.3) is 0 Å². The average Bonchev–Trinajstić information content (AvgIpc) is 2.86. The molecule has 0 aliphatic carbocycles. The summed E-state index contributed by atoms with van der Waals surface area (Å²) in [6.07, 6.45) is 3.62. The second-order valence-electron chi connectivity index (χ2n) is 6.92. The Morgan fingerprint density at radius 3 is 2.88 bits per heavy atom. The lowest BCUT2D eigenvalue weighted by molar-refractivity contribution is 0.211. The standard InChI is InChI=1S/C20H24N4O2/c1-2-22-10-5-8-17(19(22)25)21-20(26)23-11-6-12-24-16(14-23)13-15-7-3-4-9-18(15)24/h3-5,7-10,16H,2,6,11-14H2,1H3,(H,21,26)/t16-/m1/s1. The summed E-state index contributed by atoms with van der Waals surface area (Å²) in [6.45, 7) is 4.83. The van der Waals surface area contributed by atoms with Crippen LogP contribution in [0.4, 0.5) is 16.2 Å². The monoisotopic (exact) mass is 352 g/mol. The highest BCUT2D eigenvalue weighted by atomic mass is 16.2. The van der Waals surface area contributed by atoms with Crippen molar-refractivity contribution < 1.29 is 4.79 Å². The molecule has 6 heteroatoms. The number of rotatable bonds is 2. The highest BCUT2D eigenvalue weighted by Gasteiger charge is 2.33. The van der Waals surface area contributed by atoms with Gasteiger partial charge in [0.1, 0.15) is 5.69 Å². The zero-order chi connectivity index (χ0) is 18.1. The van der Waals surface area contributed by atoms with Crippen LogP contribution in [0.1, 0.15) is 18.9 Å². The maximum atomic E-state index is 12.8. The van der Waals surface area contributed by atoms with Crippen LogP contribution in [0.3, 0.4) is 0 Å². The van der Waals surface area contributed by atoms with Gasteiger partial charge in [-0.25, -0.2) is 4.79 Å². The molecular weight excluding hydrogens is 328 g/mol. The summed E-state index contributed by atoms with van der Waals surface area (Å²) in [5.41, 5.74) is 2.84. The first-order chi connectivity index (χ1) is 12.7. The van der Waals surface area contributed by atoms with Crippen LogP contribution in [-0.2, 0) is 13.0 Å². The first-order valence-electron chi connectivity index (χ1n) is 9.27. The average molecular weight is 352 g/mol. The van der Waals surface area contributed by atoms with Gasteiger partial charge in [-0.3, -0.25) is 4.79 Å². The van der Waals surface area contributed by atoms with Gasteiger partial charge in [0, 0.05) is 38.1 Å². The van der Waals surface area contributed by atoms with Crippen molar-refractivity contribution in [2.45, 2.75) is 32.4 Å². The summed E-state index contributed by atoms with van der Waals surface area (Å²) in [7, 11) is 0. The number of carbonyl (C=O) groups excluding carboxylic acids is 1. The Morgan fingerprint density at radius 2 is 2.04 bits per heavy atom. The molecule has 1 N–H and O–H groups in total. The van der Waals surface area contributed by atoms with E-state index in [0.717, 1.165) is 19.4 Å². The molecule has 2 aromatic rings. The molecule has 4 rings (SSSR count). The summed E-state index contributed by atoms with van der Waals surface area (Å²) in [6, 6.07) is 12.1. The number of nitrogens with one attached hydrogen (secondary N) is 1. The second-order valence-corrected chi connectivity index (χ2v) is 6.92. The highest BCUT2D eigenvalue weighted by Crippen LogP contribution is 2.33. The van der Waals surface area contributed by atoms with Crippen molar-refractivity contribution in [3.63, 3.8) is 0 Å². The van der Waals surface area contributed by atoms with Gasteiger partial charge in [-0.2, -0.15) is 0 Å². The zero-order valence-electron chi connectivity index (χ0n) is 15.0. The van der Waals surface area contributed by atoms with Gasteiger partial charge >= 0.3 is 6.03 Å². The molecule has 3 heterocycles. The van der Waals surface area contributed by atoms with E-state index in [4.69, 9.17) is 0 Å². The third-order valence-electron chi connectivity index (χ3n) is 5.35. The molecule has 0 bridgehead atoms. The summed E-state index contributed by atoms with van der Waals surface area (Å²) in [4.78, 5) is 29.4. The highest BCUT2D eigenvalue weighted by molar-refractivity contribution is 5.89. The van der Waals surface area contributed by atoms with Gasteiger partial charge in [0.15, 0.2) is 0 Å². The predicted molar refractivity (Wildman–Crippen MR) is 103 cm³/mol. The maximum absolute atomic E-state index is 12.8. The molecule has 1 aromatic carbocycles. The number of nitrogens with zero attached hydrogens (tertiary/aromatic N) is 3. The molecule has 0 unspecified atom stereocenters. The van der Waals surface area contributed by atoms with Gasteiger partial charge in [-0.1, -0.05) is 18.2 Å². The molecule has 0 radical (unpaired) electrons. The van der Waals surface area contributed by atoms with Crippen LogP contribution in [0, 0.1) is 0 Å². The minimum absolute atomic E-state index is 0.159. The number of amides is 2. The van der Waals surface area contributed by atoms with E-state index in [1.54, 1.807) is 22.9 Å². The molecule has 0 saturated carbocycles. The van der Waals surface area contributed by atoms with Crippen LogP contribution >= 0.6 is 0 Å². The van der Waals surface area contributed by atoms with Crippen molar-refractivity contribution in [3.05, 3.63) is 58.5 Å². The molecule has 2 aliphatic rings. The SMILES string of the molecule is CCn1cccc(NC(=O)N2CCCN3c4ccccc4C[C@@H]3C2)c1=O. The fourth-order valence-corrected chi connectivity index (χ4v) is 4.03. The van der Waals surface area contributed by atoms with Crippen molar-refractivity contribution in [1.29, 1.82) is 0 Å². The van der Waals surface area contributed by atoms with Crippen molar-refractivity contribution in [1.82, 2.24) is 9.47 Å². The fourth-order valence-electron chi connectivity index (χ4n) is 4.03. The van der Waals surface area contributed by atoms with Crippen molar-refractivity contribution in [2.75, 3.05) is 29.9 Å². The summed E-state index contributed by atoms with van der Waals surface area (Å²) in [5, 5.41) is 2.82. The second kappa shape index (κ2) is 6.86. The molecule has 136 valence electrons. The Morgan fingerprint density at radius 1 is 1.19 bits per heavy atom.